The monoisotopic (exact) mass is 215 g/mol. The van der Waals surface area contributed by atoms with E-state index in [9.17, 15) is 9.70 Å². The molecule has 0 aromatic rings. The summed E-state index contributed by atoms with van der Waals surface area (Å²) in [5.41, 5.74) is 0. The molecule has 0 fully saturated rings. The van der Waals surface area contributed by atoms with Gasteiger partial charge in [0.15, 0.2) is 0 Å². The zero-order chi connectivity index (χ0) is 11.7. The van der Waals surface area contributed by atoms with Crippen LogP contribution in [-0.4, -0.2) is 36.1 Å². The van der Waals surface area contributed by atoms with Gasteiger partial charge >= 0.3 is 6.03 Å². The molecule has 0 aliphatic carbocycles. The van der Waals surface area contributed by atoms with Crippen LogP contribution in [0.4, 0.5) is 4.79 Å². The van der Waals surface area contributed by atoms with Crippen molar-refractivity contribution in [2.45, 2.75) is 39.5 Å². The van der Waals surface area contributed by atoms with Crippen LogP contribution in [-0.2, 0) is 0 Å². The van der Waals surface area contributed by atoms with Crippen LogP contribution in [0.3, 0.4) is 0 Å². The quantitative estimate of drug-likeness (QED) is 0.484. The normalized spacial score (nSPS) is 9.80. The average Bonchev–Trinajstić information content (AvgIpc) is 2.27. The van der Waals surface area contributed by atoms with E-state index in [-0.39, 0.29) is 6.03 Å². The third-order valence-corrected chi connectivity index (χ3v) is 2.23. The van der Waals surface area contributed by atoms with Crippen LogP contribution < -0.4 is 0 Å². The number of nitroso groups, excluding NO2 is 1. The standard InChI is InChI=1S/C10H21N3O2/c1-4-6-8-13(9-7-5-2)10(14)12(3)11-15/h4-9H2,1-3H3. The van der Waals surface area contributed by atoms with E-state index in [0.29, 0.717) is 13.1 Å². The second-order valence-corrected chi connectivity index (χ2v) is 3.58. The van der Waals surface area contributed by atoms with Crippen LogP contribution >= 0.6 is 0 Å². The predicted octanol–water partition coefficient (Wildman–Crippen LogP) is 2.62. The van der Waals surface area contributed by atoms with E-state index in [1.807, 2.05) is 0 Å². The number of rotatable bonds is 7. The number of amides is 2. The van der Waals surface area contributed by atoms with Crippen LogP contribution in [0, 0.1) is 4.91 Å². The van der Waals surface area contributed by atoms with Crippen molar-refractivity contribution >= 4 is 6.03 Å². The van der Waals surface area contributed by atoms with Gasteiger partial charge in [-0.2, -0.15) is 5.01 Å². The van der Waals surface area contributed by atoms with E-state index in [1.54, 1.807) is 4.90 Å². The minimum atomic E-state index is -0.299. The van der Waals surface area contributed by atoms with Gasteiger partial charge in [0.05, 0.1) is 5.29 Å². The van der Waals surface area contributed by atoms with Crippen molar-refractivity contribution in [3.05, 3.63) is 4.91 Å². The maximum Gasteiger partial charge on any atom is 0.342 e. The molecule has 88 valence electrons. The fourth-order valence-corrected chi connectivity index (χ4v) is 1.24. The van der Waals surface area contributed by atoms with Gasteiger partial charge in [-0.1, -0.05) is 26.7 Å². The molecule has 0 radical (unpaired) electrons. The van der Waals surface area contributed by atoms with Gasteiger partial charge in [0.2, 0.25) is 0 Å². The fourth-order valence-electron chi connectivity index (χ4n) is 1.24. The second-order valence-electron chi connectivity index (χ2n) is 3.58. The number of hydrogen-bond donors (Lipinski definition) is 0. The molecule has 0 bridgehead atoms. The number of unbranched alkanes of at least 4 members (excludes halogenated alkanes) is 2. The summed E-state index contributed by atoms with van der Waals surface area (Å²) in [6, 6.07) is -0.299. The van der Waals surface area contributed by atoms with Crippen molar-refractivity contribution in [2.24, 2.45) is 5.29 Å². The Labute approximate surface area is 91.4 Å². The Hall–Kier alpha value is -1.13. The maximum absolute atomic E-state index is 11.6. The molecule has 0 spiro atoms. The number of nitrogens with zero attached hydrogens (tertiary/aromatic N) is 3. The molecule has 0 aromatic carbocycles. The summed E-state index contributed by atoms with van der Waals surface area (Å²) in [7, 11) is 1.39. The molecule has 0 N–H and O–H groups in total. The molecule has 5 nitrogen and oxygen atoms in total. The van der Waals surface area contributed by atoms with Crippen molar-refractivity contribution in [3.63, 3.8) is 0 Å². The highest BCUT2D eigenvalue weighted by molar-refractivity contribution is 5.73. The molecule has 2 amide bonds. The fraction of sp³-hybridized carbons (Fsp3) is 0.900. The van der Waals surface area contributed by atoms with Gasteiger partial charge in [-0.25, -0.2) is 4.79 Å². The smallest absolute Gasteiger partial charge is 0.323 e. The van der Waals surface area contributed by atoms with Gasteiger partial charge in [0.1, 0.15) is 0 Å². The first kappa shape index (κ1) is 13.9. The van der Waals surface area contributed by atoms with Crippen LogP contribution in [0.15, 0.2) is 5.29 Å². The van der Waals surface area contributed by atoms with E-state index in [0.717, 1.165) is 30.7 Å². The molecule has 0 aliphatic heterocycles. The van der Waals surface area contributed by atoms with Gasteiger partial charge in [-0.15, -0.1) is 4.91 Å². The first-order valence-corrected chi connectivity index (χ1v) is 5.53. The molecule has 0 saturated heterocycles. The Morgan fingerprint density at radius 1 is 1.13 bits per heavy atom. The lowest BCUT2D eigenvalue weighted by molar-refractivity contribution is 0.162. The molecule has 0 rings (SSSR count). The Kier molecular flexibility index (Phi) is 7.58. The third-order valence-electron chi connectivity index (χ3n) is 2.23. The van der Waals surface area contributed by atoms with Gasteiger partial charge in [-0.05, 0) is 12.8 Å². The van der Waals surface area contributed by atoms with E-state index < -0.39 is 0 Å². The van der Waals surface area contributed by atoms with Crippen molar-refractivity contribution < 1.29 is 4.79 Å². The zero-order valence-electron chi connectivity index (χ0n) is 9.90. The van der Waals surface area contributed by atoms with Crippen molar-refractivity contribution in [1.82, 2.24) is 9.91 Å². The summed E-state index contributed by atoms with van der Waals surface area (Å²) in [4.78, 5) is 23.6. The van der Waals surface area contributed by atoms with Crippen LogP contribution in [0.25, 0.3) is 0 Å². The SMILES string of the molecule is CCCCN(CCCC)C(=O)N(C)N=O. The zero-order valence-corrected chi connectivity index (χ0v) is 9.90. The molecule has 0 aliphatic rings. The summed E-state index contributed by atoms with van der Waals surface area (Å²) in [6.07, 6.45) is 3.99. The highest BCUT2D eigenvalue weighted by Crippen LogP contribution is 2.03. The Balaban J connectivity index is 4.19. The molecule has 0 aromatic heterocycles. The van der Waals surface area contributed by atoms with Gasteiger partial charge in [-0.3, -0.25) is 0 Å². The molecule has 0 atom stereocenters. The summed E-state index contributed by atoms with van der Waals surface area (Å²) in [6.45, 7) is 5.55. The summed E-state index contributed by atoms with van der Waals surface area (Å²) in [5.74, 6) is 0. The Bertz CT molecular complexity index is 189. The van der Waals surface area contributed by atoms with Crippen molar-refractivity contribution in [3.8, 4) is 0 Å². The molecule has 0 saturated carbocycles. The van der Waals surface area contributed by atoms with E-state index in [1.165, 1.54) is 7.05 Å². The van der Waals surface area contributed by atoms with Crippen LogP contribution in [0.1, 0.15) is 39.5 Å². The number of urea groups is 1. The number of carbonyl (C=O) groups excluding carboxylic acids is 1. The Morgan fingerprint density at radius 2 is 1.60 bits per heavy atom. The molecule has 5 heteroatoms. The van der Waals surface area contributed by atoms with Crippen LogP contribution in [0.5, 0.6) is 0 Å². The molecule has 0 unspecified atom stereocenters. The van der Waals surface area contributed by atoms with Crippen molar-refractivity contribution in [2.75, 3.05) is 20.1 Å². The van der Waals surface area contributed by atoms with E-state index in [2.05, 4.69) is 19.1 Å². The average molecular weight is 215 g/mol. The lowest BCUT2D eigenvalue weighted by Crippen LogP contribution is -2.39. The second kappa shape index (κ2) is 8.20. The number of hydrogen-bond acceptors (Lipinski definition) is 3. The van der Waals surface area contributed by atoms with Gasteiger partial charge < -0.3 is 4.90 Å². The molecule has 15 heavy (non-hydrogen) atoms. The highest BCUT2D eigenvalue weighted by Gasteiger charge is 2.16. The maximum atomic E-state index is 11.6. The minimum absolute atomic E-state index is 0.299. The van der Waals surface area contributed by atoms with E-state index in [4.69, 9.17) is 0 Å². The predicted molar refractivity (Wildman–Crippen MR) is 60.3 cm³/mol. The lowest BCUT2D eigenvalue weighted by atomic mass is 10.3. The highest BCUT2D eigenvalue weighted by atomic mass is 16.3. The van der Waals surface area contributed by atoms with E-state index >= 15 is 0 Å². The Morgan fingerprint density at radius 3 is 1.93 bits per heavy atom. The molecular weight excluding hydrogens is 194 g/mol. The number of carbonyl (C=O) groups is 1. The van der Waals surface area contributed by atoms with Gasteiger partial charge in [0, 0.05) is 20.1 Å². The third kappa shape index (κ3) is 5.34. The minimum Gasteiger partial charge on any atom is -0.323 e. The molecule has 0 heterocycles. The van der Waals surface area contributed by atoms with Crippen molar-refractivity contribution in [1.29, 1.82) is 0 Å². The van der Waals surface area contributed by atoms with Gasteiger partial charge in [0.25, 0.3) is 0 Å². The first-order chi connectivity index (χ1) is 7.17. The lowest BCUT2D eigenvalue weighted by Gasteiger charge is -2.23. The molecular formula is C10H21N3O2. The summed E-state index contributed by atoms with van der Waals surface area (Å²) in [5, 5.41) is 3.47. The summed E-state index contributed by atoms with van der Waals surface area (Å²) >= 11 is 0. The van der Waals surface area contributed by atoms with Crippen LogP contribution in [0.2, 0.25) is 0 Å². The largest absolute Gasteiger partial charge is 0.342 e. The first-order valence-electron chi connectivity index (χ1n) is 5.53. The summed E-state index contributed by atoms with van der Waals surface area (Å²) < 4.78 is 0. The topological polar surface area (TPSA) is 53.0 Å².